The van der Waals surface area contributed by atoms with E-state index in [0.29, 0.717) is 5.91 Å². The summed E-state index contributed by atoms with van der Waals surface area (Å²) in [4.78, 5) is 21.5. The molecule has 2 aliphatic rings. The molecule has 5 heteroatoms. The number of carbonyl (C=O) groups is 1. The van der Waals surface area contributed by atoms with Crippen LogP contribution in [0.25, 0.3) is 16.9 Å². The molecule has 2 fully saturated rings. The van der Waals surface area contributed by atoms with E-state index in [4.69, 9.17) is 4.98 Å². The number of pyridine rings is 1. The van der Waals surface area contributed by atoms with E-state index in [0.717, 1.165) is 49.6 Å². The minimum Gasteiger partial charge on any atom is -0.370 e. The Morgan fingerprint density at radius 2 is 1.93 bits per heavy atom. The van der Waals surface area contributed by atoms with Gasteiger partial charge in [-0.25, -0.2) is 4.98 Å². The Labute approximate surface area is 159 Å². The highest BCUT2D eigenvalue weighted by Crippen LogP contribution is 2.33. The number of carbonyl (C=O) groups excluding carboxylic acids is 1. The van der Waals surface area contributed by atoms with E-state index in [9.17, 15) is 4.79 Å². The van der Waals surface area contributed by atoms with Gasteiger partial charge in [0.2, 0.25) is 5.91 Å². The van der Waals surface area contributed by atoms with Crippen LogP contribution in [0.5, 0.6) is 0 Å². The zero-order valence-electron chi connectivity index (χ0n) is 15.9. The van der Waals surface area contributed by atoms with Crippen molar-refractivity contribution in [1.29, 1.82) is 0 Å². The minimum atomic E-state index is 0.159. The maximum absolute atomic E-state index is 12.4. The van der Waals surface area contributed by atoms with Gasteiger partial charge >= 0.3 is 0 Å². The van der Waals surface area contributed by atoms with Crippen molar-refractivity contribution in [3.63, 3.8) is 0 Å². The first kappa shape index (κ1) is 16.4. The topological polar surface area (TPSA) is 40.9 Å². The third-order valence-corrected chi connectivity index (χ3v) is 6.01. The van der Waals surface area contributed by atoms with E-state index >= 15 is 0 Å². The number of hydrogen-bond acceptors (Lipinski definition) is 3. The standard InChI is InChI=1S/C22H24N4O/c1-15-7-8-18(25-13-17(14-25)22(27)24-9-5-10-24)12-19(15)21-16(2)26-11-4-3-6-20(26)23-21/h3-4,6-8,11-12,17H,5,9-10,13-14H2,1-2H3. The van der Waals surface area contributed by atoms with Crippen LogP contribution in [0.3, 0.4) is 0 Å². The molecule has 0 aliphatic carbocycles. The molecule has 0 N–H and O–H groups in total. The van der Waals surface area contributed by atoms with Crippen LogP contribution < -0.4 is 4.90 Å². The number of nitrogens with zero attached hydrogens (tertiary/aromatic N) is 4. The molecule has 0 radical (unpaired) electrons. The quantitative estimate of drug-likeness (QED) is 0.720. The molecule has 1 amide bonds. The maximum atomic E-state index is 12.4. The summed E-state index contributed by atoms with van der Waals surface area (Å²) in [5, 5.41) is 0. The molecule has 0 atom stereocenters. The lowest BCUT2D eigenvalue weighted by Gasteiger charge is -2.44. The second kappa shape index (κ2) is 6.12. The van der Waals surface area contributed by atoms with Crippen LogP contribution in [-0.2, 0) is 4.79 Å². The first-order chi connectivity index (χ1) is 13.1. The summed E-state index contributed by atoms with van der Waals surface area (Å²) in [5.74, 6) is 0.494. The predicted octanol–water partition coefficient (Wildman–Crippen LogP) is 3.29. The van der Waals surface area contributed by atoms with E-state index in [1.807, 2.05) is 23.1 Å². The Morgan fingerprint density at radius 3 is 2.63 bits per heavy atom. The first-order valence-corrected chi connectivity index (χ1v) is 9.70. The smallest absolute Gasteiger partial charge is 0.229 e. The fraction of sp³-hybridized carbons (Fsp3) is 0.364. The molecule has 4 heterocycles. The number of imidazole rings is 1. The van der Waals surface area contributed by atoms with Crippen molar-refractivity contribution in [2.45, 2.75) is 20.3 Å². The minimum absolute atomic E-state index is 0.159. The lowest BCUT2D eigenvalue weighted by atomic mass is 9.94. The van der Waals surface area contributed by atoms with Crippen LogP contribution in [-0.4, -0.2) is 46.4 Å². The summed E-state index contributed by atoms with van der Waals surface area (Å²) in [5.41, 5.74) is 6.73. The molecule has 3 aromatic rings. The van der Waals surface area contributed by atoms with E-state index in [1.54, 1.807) is 0 Å². The molecule has 2 aliphatic heterocycles. The van der Waals surface area contributed by atoms with Crippen molar-refractivity contribution in [1.82, 2.24) is 14.3 Å². The molecule has 5 nitrogen and oxygen atoms in total. The average Bonchev–Trinajstić information content (AvgIpc) is 2.90. The fourth-order valence-electron chi connectivity index (χ4n) is 4.08. The normalized spacial score (nSPS) is 17.1. The second-order valence-corrected chi connectivity index (χ2v) is 7.75. The number of anilines is 1. The number of hydrogen-bond donors (Lipinski definition) is 0. The molecule has 1 aromatic carbocycles. The van der Waals surface area contributed by atoms with Gasteiger partial charge in [-0.1, -0.05) is 12.1 Å². The van der Waals surface area contributed by atoms with Gasteiger partial charge in [0.25, 0.3) is 0 Å². The summed E-state index contributed by atoms with van der Waals surface area (Å²) in [6.45, 7) is 7.78. The molecule has 0 bridgehead atoms. The summed E-state index contributed by atoms with van der Waals surface area (Å²) in [6.07, 6.45) is 3.21. The van der Waals surface area contributed by atoms with Gasteiger partial charge in [0.15, 0.2) is 0 Å². The van der Waals surface area contributed by atoms with Gasteiger partial charge in [0, 0.05) is 49.3 Å². The largest absolute Gasteiger partial charge is 0.370 e. The highest BCUT2D eigenvalue weighted by molar-refractivity contribution is 5.83. The van der Waals surface area contributed by atoms with Crippen LogP contribution in [0.15, 0.2) is 42.6 Å². The molecule has 0 saturated carbocycles. The highest BCUT2D eigenvalue weighted by Gasteiger charge is 2.37. The lowest BCUT2D eigenvalue weighted by Crippen LogP contribution is -2.57. The molecule has 0 spiro atoms. The molecular weight excluding hydrogens is 336 g/mol. The van der Waals surface area contributed by atoms with E-state index in [2.05, 4.69) is 47.5 Å². The number of aryl methyl sites for hydroxylation is 2. The molecule has 27 heavy (non-hydrogen) atoms. The number of likely N-dealkylation sites (tertiary alicyclic amines) is 1. The van der Waals surface area contributed by atoms with E-state index < -0.39 is 0 Å². The molecule has 2 saturated heterocycles. The zero-order chi connectivity index (χ0) is 18.5. The molecule has 0 unspecified atom stereocenters. The van der Waals surface area contributed by atoms with Crippen molar-refractivity contribution in [2.24, 2.45) is 5.92 Å². The van der Waals surface area contributed by atoms with Gasteiger partial charge in [0.1, 0.15) is 5.65 Å². The Morgan fingerprint density at radius 1 is 1.11 bits per heavy atom. The summed E-state index contributed by atoms with van der Waals surface area (Å²) in [6, 6.07) is 12.6. The zero-order valence-corrected chi connectivity index (χ0v) is 15.9. The van der Waals surface area contributed by atoms with Crippen LogP contribution in [0.4, 0.5) is 5.69 Å². The third kappa shape index (κ3) is 2.60. The first-order valence-electron chi connectivity index (χ1n) is 9.70. The molecule has 5 rings (SSSR count). The Kier molecular flexibility index (Phi) is 3.71. The maximum Gasteiger partial charge on any atom is 0.229 e. The number of benzene rings is 1. The van der Waals surface area contributed by atoms with Gasteiger partial charge in [-0.15, -0.1) is 0 Å². The number of fused-ring (bicyclic) bond motifs is 1. The van der Waals surface area contributed by atoms with Crippen molar-refractivity contribution < 1.29 is 4.79 Å². The molecule has 2 aromatic heterocycles. The van der Waals surface area contributed by atoms with Gasteiger partial charge in [-0.05, 0) is 50.1 Å². The van der Waals surface area contributed by atoms with Crippen LogP contribution in [0.1, 0.15) is 17.7 Å². The van der Waals surface area contributed by atoms with Crippen LogP contribution in [0.2, 0.25) is 0 Å². The number of amides is 1. The Hall–Kier alpha value is -2.82. The number of rotatable bonds is 3. The SMILES string of the molecule is Cc1ccc(N2CC(C(=O)N3CCC3)C2)cc1-c1nc2ccccn2c1C. The summed E-state index contributed by atoms with van der Waals surface area (Å²) >= 11 is 0. The van der Waals surface area contributed by atoms with Crippen molar-refractivity contribution in [2.75, 3.05) is 31.1 Å². The highest BCUT2D eigenvalue weighted by atomic mass is 16.2. The van der Waals surface area contributed by atoms with Crippen molar-refractivity contribution in [3.05, 3.63) is 53.9 Å². The monoisotopic (exact) mass is 360 g/mol. The van der Waals surface area contributed by atoms with Gasteiger partial charge in [-0.3, -0.25) is 4.79 Å². The van der Waals surface area contributed by atoms with Crippen molar-refractivity contribution in [3.8, 4) is 11.3 Å². The third-order valence-electron chi connectivity index (χ3n) is 6.01. The van der Waals surface area contributed by atoms with Crippen LogP contribution in [0, 0.1) is 19.8 Å². The van der Waals surface area contributed by atoms with Gasteiger partial charge in [-0.2, -0.15) is 0 Å². The summed E-state index contributed by atoms with van der Waals surface area (Å²) in [7, 11) is 0. The predicted molar refractivity (Wildman–Crippen MR) is 107 cm³/mol. The second-order valence-electron chi connectivity index (χ2n) is 7.75. The van der Waals surface area contributed by atoms with Crippen LogP contribution >= 0.6 is 0 Å². The molecular formula is C22H24N4O. The fourth-order valence-corrected chi connectivity index (χ4v) is 4.08. The van der Waals surface area contributed by atoms with Crippen molar-refractivity contribution >= 4 is 17.2 Å². The lowest BCUT2D eigenvalue weighted by molar-refractivity contribution is -0.139. The number of aromatic nitrogens is 2. The van der Waals surface area contributed by atoms with Gasteiger partial charge in [0.05, 0.1) is 11.6 Å². The van der Waals surface area contributed by atoms with E-state index in [1.165, 1.54) is 16.8 Å². The summed E-state index contributed by atoms with van der Waals surface area (Å²) < 4.78 is 2.13. The Bertz CT molecular complexity index is 1030. The van der Waals surface area contributed by atoms with E-state index in [-0.39, 0.29) is 5.92 Å². The van der Waals surface area contributed by atoms with Gasteiger partial charge < -0.3 is 14.2 Å². The molecule has 138 valence electrons. The average molecular weight is 360 g/mol. The Balaban J connectivity index is 1.42.